The molecule has 3 aromatic rings. The van der Waals surface area contributed by atoms with Crippen LogP contribution in [0.1, 0.15) is 15.9 Å². The van der Waals surface area contributed by atoms with Gasteiger partial charge < -0.3 is 19.8 Å². The number of morpholine rings is 1. The van der Waals surface area contributed by atoms with Gasteiger partial charge in [0.2, 0.25) is 0 Å². The van der Waals surface area contributed by atoms with Crippen LogP contribution in [0.25, 0.3) is 21.9 Å². The Bertz CT molecular complexity index is 1040. The molecule has 28 heavy (non-hydrogen) atoms. The van der Waals surface area contributed by atoms with Crippen LogP contribution < -0.4 is 0 Å². The van der Waals surface area contributed by atoms with Gasteiger partial charge in [-0.1, -0.05) is 29.8 Å². The van der Waals surface area contributed by atoms with Crippen molar-refractivity contribution in [2.75, 3.05) is 26.3 Å². The topological polar surface area (TPSA) is 70.0 Å². The highest BCUT2D eigenvalue weighted by Crippen LogP contribution is 2.34. The zero-order valence-corrected chi connectivity index (χ0v) is 15.9. The SMILES string of the molecule is O=C(c1ccc(Cl)c(-c2ccc3c(CO)c(O)ccc3c2)c1)N1CCOCC1. The fourth-order valence-corrected chi connectivity index (χ4v) is 3.77. The first-order chi connectivity index (χ1) is 13.6. The number of aliphatic hydroxyl groups is 1. The third-order valence-corrected chi connectivity index (χ3v) is 5.42. The molecular formula is C22H20ClNO4. The number of carbonyl (C=O) groups is 1. The van der Waals surface area contributed by atoms with E-state index in [1.54, 1.807) is 29.2 Å². The molecule has 5 nitrogen and oxygen atoms in total. The number of phenols is 1. The minimum atomic E-state index is -0.243. The second-order valence-corrected chi connectivity index (χ2v) is 7.16. The van der Waals surface area contributed by atoms with Crippen LogP contribution in [0.5, 0.6) is 5.75 Å². The second-order valence-electron chi connectivity index (χ2n) is 6.76. The van der Waals surface area contributed by atoms with Crippen molar-refractivity contribution in [2.45, 2.75) is 6.61 Å². The van der Waals surface area contributed by atoms with E-state index in [1.165, 1.54) is 0 Å². The molecule has 144 valence electrons. The maximum Gasteiger partial charge on any atom is 0.254 e. The largest absolute Gasteiger partial charge is 0.508 e. The molecule has 0 unspecified atom stereocenters. The van der Waals surface area contributed by atoms with Crippen LogP contribution >= 0.6 is 11.6 Å². The second kappa shape index (κ2) is 7.80. The third kappa shape index (κ3) is 3.44. The fourth-order valence-electron chi connectivity index (χ4n) is 3.54. The molecule has 2 N–H and O–H groups in total. The van der Waals surface area contributed by atoms with Gasteiger partial charge in [-0.15, -0.1) is 0 Å². The third-order valence-electron chi connectivity index (χ3n) is 5.09. The smallest absolute Gasteiger partial charge is 0.254 e. The van der Waals surface area contributed by atoms with E-state index in [2.05, 4.69) is 0 Å². The maximum atomic E-state index is 12.8. The molecular weight excluding hydrogens is 378 g/mol. The number of aromatic hydroxyl groups is 1. The van der Waals surface area contributed by atoms with E-state index in [0.717, 1.165) is 21.9 Å². The monoisotopic (exact) mass is 397 g/mol. The number of halogens is 1. The van der Waals surface area contributed by atoms with Gasteiger partial charge >= 0.3 is 0 Å². The van der Waals surface area contributed by atoms with Crippen molar-refractivity contribution in [3.63, 3.8) is 0 Å². The van der Waals surface area contributed by atoms with Gasteiger partial charge in [0, 0.05) is 34.8 Å². The molecule has 1 amide bonds. The average molecular weight is 398 g/mol. The van der Waals surface area contributed by atoms with E-state index >= 15 is 0 Å². The summed E-state index contributed by atoms with van der Waals surface area (Å²) in [7, 11) is 0. The van der Waals surface area contributed by atoms with Crippen LogP contribution in [0.4, 0.5) is 0 Å². The van der Waals surface area contributed by atoms with Crippen molar-refractivity contribution >= 4 is 28.3 Å². The van der Waals surface area contributed by atoms with Crippen molar-refractivity contribution in [1.82, 2.24) is 4.90 Å². The Kier molecular flexibility index (Phi) is 5.22. The number of fused-ring (bicyclic) bond motifs is 1. The number of hydrogen-bond donors (Lipinski definition) is 2. The fraction of sp³-hybridized carbons (Fsp3) is 0.227. The van der Waals surface area contributed by atoms with Gasteiger partial charge in [-0.2, -0.15) is 0 Å². The Labute approximate surface area is 167 Å². The predicted molar refractivity (Wildman–Crippen MR) is 109 cm³/mol. The minimum Gasteiger partial charge on any atom is -0.508 e. The first-order valence-corrected chi connectivity index (χ1v) is 9.48. The molecule has 0 aromatic heterocycles. The molecule has 6 heteroatoms. The first-order valence-electron chi connectivity index (χ1n) is 9.11. The van der Waals surface area contributed by atoms with Crippen LogP contribution in [0.15, 0.2) is 48.5 Å². The van der Waals surface area contributed by atoms with Crippen molar-refractivity contribution in [3.05, 3.63) is 64.7 Å². The van der Waals surface area contributed by atoms with Gasteiger partial charge in [0.25, 0.3) is 5.91 Å². The van der Waals surface area contributed by atoms with Crippen LogP contribution in [0.3, 0.4) is 0 Å². The lowest BCUT2D eigenvalue weighted by Crippen LogP contribution is -2.40. The van der Waals surface area contributed by atoms with Gasteiger partial charge in [-0.25, -0.2) is 0 Å². The summed E-state index contributed by atoms with van der Waals surface area (Å²) in [4.78, 5) is 14.6. The van der Waals surface area contributed by atoms with Crippen LogP contribution in [0, 0.1) is 0 Å². The summed E-state index contributed by atoms with van der Waals surface area (Å²) in [6.45, 7) is 2.03. The number of hydrogen-bond acceptors (Lipinski definition) is 4. The summed E-state index contributed by atoms with van der Waals surface area (Å²) in [5, 5.41) is 21.7. The first kappa shape index (κ1) is 18.7. The van der Waals surface area contributed by atoms with Crippen molar-refractivity contribution < 1.29 is 19.7 Å². The average Bonchev–Trinajstić information content (AvgIpc) is 2.74. The molecule has 0 spiro atoms. The minimum absolute atomic E-state index is 0.0329. The molecule has 0 radical (unpaired) electrons. The van der Waals surface area contributed by atoms with E-state index in [4.69, 9.17) is 16.3 Å². The van der Waals surface area contributed by atoms with Crippen LogP contribution in [0.2, 0.25) is 5.02 Å². The summed E-state index contributed by atoms with van der Waals surface area (Å²) in [5.74, 6) is 0.0355. The Morgan fingerprint density at radius 2 is 1.86 bits per heavy atom. The molecule has 1 fully saturated rings. The number of rotatable bonds is 3. The van der Waals surface area contributed by atoms with Crippen LogP contribution in [-0.2, 0) is 11.3 Å². The summed E-state index contributed by atoms with van der Waals surface area (Å²) >= 11 is 6.43. The van der Waals surface area contributed by atoms with E-state index < -0.39 is 0 Å². The summed E-state index contributed by atoms with van der Waals surface area (Å²) in [6, 6.07) is 14.3. The van der Waals surface area contributed by atoms with Gasteiger partial charge in [-0.3, -0.25) is 4.79 Å². The molecule has 3 aromatic carbocycles. The molecule has 1 aliphatic rings. The quantitative estimate of drug-likeness (QED) is 0.704. The molecule has 1 heterocycles. The molecule has 4 rings (SSSR count). The molecule has 0 bridgehead atoms. The Morgan fingerprint density at radius 1 is 1.07 bits per heavy atom. The maximum absolute atomic E-state index is 12.8. The van der Waals surface area contributed by atoms with E-state index in [1.807, 2.05) is 24.3 Å². The lowest BCUT2D eigenvalue weighted by atomic mass is 9.97. The zero-order valence-electron chi connectivity index (χ0n) is 15.2. The Morgan fingerprint density at radius 3 is 2.61 bits per heavy atom. The molecule has 1 saturated heterocycles. The van der Waals surface area contributed by atoms with Crippen molar-refractivity contribution in [1.29, 1.82) is 0 Å². The van der Waals surface area contributed by atoms with Crippen LogP contribution in [-0.4, -0.2) is 47.3 Å². The molecule has 0 saturated carbocycles. The van der Waals surface area contributed by atoms with Crippen molar-refractivity contribution in [3.8, 4) is 16.9 Å². The highest BCUT2D eigenvalue weighted by atomic mass is 35.5. The van der Waals surface area contributed by atoms with Crippen molar-refractivity contribution in [2.24, 2.45) is 0 Å². The standard InChI is InChI=1S/C22H20ClNO4/c23-20-5-2-16(22(27)24-7-9-28-10-8-24)12-18(20)15-1-4-17-14(11-15)3-6-21(26)19(17)13-25/h1-6,11-12,25-26H,7-10,13H2. The van der Waals surface area contributed by atoms with Gasteiger partial charge in [0.1, 0.15) is 5.75 Å². The normalized spacial score (nSPS) is 14.4. The Balaban J connectivity index is 1.74. The number of nitrogens with zero attached hydrogens (tertiary/aromatic N) is 1. The Hall–Kier alpha value is -2.60. The number of amides is 1. The van der Waals surface area contributed by atoms with E-state index in [-0.39, 0.29) is 18.3 Å². The highest BCUT2D eigenvalue weighted by Gasteiger charge is 2.20. The van der Waals surface area contributed by atoms with E-state index in [9.17, 15) is 15.0 Å². The number of ether oxygens (including phenoxy) is 1. The van der Waals surface area contributed by atoms with E-state index in [0.29, 0.717) is 42.5 Å². The summed E-state index contributed by atoms with van der Waals surface area (Å²) < 4.78 is 5.32. The zero-order chi connectivity index (χ0) is 19.7. The lowest BCUT2D eigenvalue weighted by molar-refractivity contribution is 0.0303. The molecule has 1 aliphatic heterocycles. The van der Waals surface area contributed by atoms with Gasteiger partial charge in [0.05, 0.1) is 19.8 Å². The van der Waals surface area contributed by atoms with Gasteiger partial charge in [-0.05, 0) is 46.7 Å². The number of benzene rings is 3. The summed E-state index contributed by atoms with van der Waals surface area (Å²) in [5.41, 5.74) is 2.71. The highest BCUT2D eigenvalue weighted by molar-refractivity contribution is 6.33. The summed E-state index contributed by atoms with van der Waals surface area (Å²) in [6.07, 6.45) is 0. The molecule has 0 aliphatic carbocycles. The molecule has 0 atom stereocenters. The predicted octanol–water partition coefficient (Wildman–Crippen LogP) is 3.83. The van der Waals surface area contributed by atoms with Gasteiger partial charge in [0.15, 0.2) is 0 Å². The number of carbonyl (C=O) groups excluding carboxylic acids is 1. The lowest BCUT2D eigenvalue weighted by Gasteiger charge is -2.27. The number of aliphatic hydroxyl groups excluding tert-OH is 1.